The number of nitrogens with zero attached hydrogens (tertiary/aromatic N) is 2. The van der Waals surface area contributed by atoms with Crippen molar-refractivity contribution in [1.82, 2.24) is 15.5 Å². The van der Waals surface area contributed by atoms with E-state index in [1.165, 1.54) is 10.8 Å². The summed E-state index contributed by atoms with van der Waals surface area (Å²) in [5.74, 6) is 2.05. The lowest BCUT2D eigenvalue weighted by Gasteiger charge is -2.25. The van der Waals surface area contributed by atoms with E-state index in [4.69, 9.17) is 4.52 Å². The van der Waals surface area contributed by atoms with Crippen molar-refractivity contribution in [2.24, 2.45) is 5.92 Å². The molecule has 20 heavy (non-hydrogen) atoms. The molecule has 2 heterocycles. The van der Waals surface area contributed by atoms with Crippen molar-refractivity contribution in [1.29, 1.82) is 0 Å². The Morgan fingerprint density at radius 2 is 1.95 bits per heavy atom. The molecule has 0 bridgehead atoms. The number of fused-ring (bicyclic) bond motifs is 1. The highest BCUT2D eigenvalue weighted by atomic mass is 16.5. The minimum absolute atomic E-state index is 0.639. The van der Waals surface area contributed by atoms with Crippen molar-refractivity contribution < 1.29 is 4.52 Å². The average molecular weight is 265 g/mol. The monoisotopic (exact) mass is 265 g/mol. The third-order valence-corrected chi connectivity index (χ3v) is 3.81. The molecular weight excluding hydrogens is 250 g/mol. The molecule has 0 saturated carbocycles. The first kappa shape index (κ1) is 11.6. The third-order valence-electron chi connectivity index (χ3n) is 3.81. The van der Waals surface area contributed by atoms with Gasteiger partial charge in [0.25, 0.3) is 0 Å². The van der Waals surface area contributed by atoms with Gasteiger partial charge in [-0.25, -0.2) is 0 Å². The first-order valence-corrected chi connectivity index (χ1v) is 6.91. The molecule has 0 radical (unpaired) electrons. The first-order valence-electron chi connectivity index (χ1n) is 6.91. The molecule has 1 N–H and O–H groups in total. The average Bonchev–Trinajstić information content (AvgIpc) is 2.91. The van der Waals surface area contributed by atoms with Crippen molar-refractivity contribution >= 4 is 10.8 Å². The second kappa shape index (κ2) is 4.72. The molecule has 4 nitrogen and oxygen atoms in total. The zero-order valence-corrected chi connectivity index (χ0v) is 11.0. The second-order valence-electron chi connectivity index (χ2n) is 5.30. The van der Waals surface area contributed by atoms with Gasteiger partial charge in [0.2, 0.25) is 11.7 Å². The van der Waals surface area contributed by atoms with E-state index < -0.39 is 0 Å². The zero-order valence-electron chi connectivity index (χ0n) is 11.0. The van der Waals surface area contributed by atoms with E-state index in [1.54, 1.807) is 0 Å². The van der Waals surface area contributed by atoms with Crippen LogP contribution in [-0.4, -0.2) is 23.2 Å². The fourth-order valence-electron chi connectivity index (χ4n) is 2.52. The number of hydrogen-bond donors (Lipinski definition) is 1. The zero-order chi connectivity index (χ0) is 13.4. The van der Waals surface area contributed by atoms with Crippen LogP contribution in [-0.2, 0) is 6.42 Å². The van der Waals surface area contributed by atoms with Gasteiger partial charge in [-0.1, -0.05) is 41.6 Å². The summed E-state index contributed by atoms with van der Waals surface area (Å²) in [6.07, 6.45) is 0.869. The highest BCUT2D eigenvalue weighted by molar-refractivity contribution is 5.86. The summed E-state index contributed by atoms with van der Waals surface area (Å²) in [5.41, 5.74) is 1.01. The molecule has 0 unspecified atom stereocenters. The molecule has 1 saturated heterocycles. The lowest BCUT2D eigenvalue weighted by molar-refractivity contribution is 0.296. The van der Waals surface area contributed by atoms with Gasteiger partial charge in [0, 0.05) is 12.0 Å². The Morgan fingerprint density at radius 3 is 2.75 bits per heavy atom. The number of benzene rings is 2. The summed E-state index contributed by atoms with van der Waals surface area (Å²) in [6, 6.07) is 14.5. The lowest BCUT2D eigenvalue weighted by Crippen LogP contribution is -2.43. The molecule has 100 valence electrons. The van der Waals surface area contributed by atoms with E-state index in [9.17, 15) is 0 Å². The van der Waals surface area contributed by atoms with Crippen molar-refractivity contribution in [2.45, 2.75) is 6.42 Å². The Kier molecular flexibility index (Phi) is 2.74. The fourth-order valence-corrected chi connectivity index (χ4v) is 2.52. The van der Waals surface area contributed by atoms with E-state index in [-0.39, 0.29) is 0 Å². The Morgan fingerprint density at radius 1 is 1.10 bits per heavy atom. The topological polar surface area (TPSA) is 51.0 Å². The Labute approximate surface area is 116 Å². The Hall–Kier alpha value is -2.20. The molecule has 4 heteroatoms. The predicted molar refractivity (Wildman–Crippen MR) is 77.3 cm³/mol. The molecule has 4 rings (SSSR count). The molecular formula is C16H15N3O. The van der Waals surface area contributed by atoms with Crippen LogP contribution in [0, 0.1) is 5.92 Å². The summed E-state index contributed by atoms with van der Waals surface area (Å²) >= 11 is 0. The summed E-state index contributed by atoms with van der Waals surface area (Å²) < 4.78 is 5.35. The molecule has 1 aliphatic rings. The minimum Gasteiger partial charge on any atom is -0.339 e. The van der Waals surface area contributed by atoms with Crippen LogP contribution in [0.4, 0.5) is 0 Å². The largest absolute Gasteiger partial charge is 0.339 e. The van der Waals surface area contributed by atoms with Crippen LogP contribution in [0.2, 0.25) is 0 Å². The van der Waals surface area contributed by atoms with E-state index in [0.717, 1.165) is 31.0 Å². The third kappa shape index (κ3) is 2.08. The smallest absolute Gasteiger partial charge is 0.227 e. The molecule has 0 aliphatic carbocycles. The van der Waals surface area contributed by atoms with Gasteiger partial charge in [0.1, 0.15) is 0 Å². The van der Waals surface area contributed by atoms with E-state index >= 15 is 0 Å². The summed E-state index contributed by atoms with van der Waals surface area (Å²) in [7, 11) is 0. The Balaban J connectivity index is 1.64. The summed E-state index contributed by atoms with van der Waals surface area (Å²) in [5, 5.41) is 9.77. The van der Waals surface area contributed by atoms with E-state index in [0.29, 0.717) is 11.7 Å². The molecule has 0 amide bonds. The van der Waals surface area contributed by atoms with Crippen molar-refractivity contribution in [3.8, 4) is 11.4 Å². The highest BCUT2D eigenvalue weighted by Crippen LogP contribution is 2.23. The SMILES string of the molecule is c1ccc2cc(-c3noc(CC4CNC4)n3)ccc2c1. The van der Waals surface area contributed by atoms with Gasteiger partial charge in [0.05, 0.1) is 0 Å². The summed E-state index contributed by atoms with van der Waals surface area (Å²) in [6.45, 7) is 2.10. The van der Waals surface area contributed by atoms with Crippen LogP contribution in [0.5, 0.6) is 0 Å². The molecule has 1 aromatic heterocycles. The lowest BCUT2D eigenvalue weighted by atomic mass is 10.00. The maximum atomic E-state index is 5.35. The van der Waals surface area contributed by atoms with Crippen LogP contribution in [0.15, 0.2) is 47.0 Å². The van der Waals surface area contributed by atoms with Crippen LogP contribution < -0.4 is 5.32 Å². The number of rotatable bonds is 3. The van der Waals surface area contributed by atoms with Gasteiger partial charge < -0.3 is 9.84 Å². The molecule has 3 aromatic rings. The summed E-state index contributed by atoms with van der Waals surface area (Å²) in [4.78, 5) is 4.50. The van der Waals surface area contributed by atoms with Crippen molar-refractivity contribution in [3.63, 3.8) is 0 Å². The van der Waals surface area contributed by atoms with Gasteiger partial charge >= 0.3 is 0 Å². The number of nitrogens with one attached hydrogen (secondary N) is 1. The molecule has 1 aliphatic heterocycles. The molecule has 0 atom stereocenters. The van der Waals surface area contributed by atoms with Crippen molar-refractivity contribution in [2.75, 3.05) is 13.1 Å². The highest BCUT2D eigenvalue weighted by Gasteiger charge is 2.20. The molecule has 0 spiro atoms. The normalized spacial score (nSPS) is 15.4. The van der Waals surface area contributed by atoms with Gasteiger partial charge in [0.15, 0.2) is 0 Å². The number of hydrogen-bond acceptors (Lipinski definition) is 4. The quantitative estimate of drug-likeness (QED) is 0.791. The van der Waals surface area contributed by atoms with Crippen LogP contribution >= 0.6 is 0 Å². The standard InChI is InChI=1S/C16H15N3O/c1-2-4-13-8-14(6-5-12(13)3-1)16-18-15(20-19-16)7-11-9-17-10-11/h1-6,8,11,17H,7,9-10H2. The predicted octanol–water partition coefficient (Wildman–Crippen LogP) is 2.65. The second-order valence-corrected chi connectivity index (χ2v) is 5.30. The van der Waals surface area contributed by atoms with Crippen LogP contribution in [0.25, 0.3) is 22.2 Å². The van der Waals surface area contributed by atoms with E-state index in [2.05, 4.69) is 39.7 Å². The molecule has 1 fully saturated rings. The minimum atomic E-state index is 0.639. The van der Waals surface area contributed by atoms with E-state index in [1.807, 2.05) is 18.2 Å². The van der Waals surface area contributed by atoms with Crippen LogP contribution in [0.3, 0.4) is 0 Å². The maximum Gasteiger partial charge on any atom is 0.227 e. The Bertz CT molecular complexity index is 746. The van der Waals surface area contributed by atoms with Crippen LogP contribution in [0.1, 0.15) is 5.89 Å². The molecule has 2 aromatic carbocycles. The first-order chi connectivity index (χ1) is 9.88. The van der Waals surface area contributed by atoms with Crippen molar-refractivity contribution in [3.05, 3.63) is 48.4 Å². The van der Waals surface area contributed by atoms with Gasteiger partial charge in [-0.15, -0.1) is 0 Å². The van der Waals surface area contributed by atoms with Gasteiger partial charge in [-0.2, -0.15) is 4.98 Å². The fraction of sp³-hybridized carbons (Fsp3) is 0.250. The van der Waals surface area contributed by atoms with Gasteiger partial charge in [-0.05, 0) is 35.8 Å². The number of aromatic nitrogens is 2. The maximum absolute atomic E-state index is 5.35. The van der Waals surface area contributed by atoms with Gasteiger partial charge in [-0.3, -0.25) is 0 Å².